The van der Waals surface area contributed by atoms with E-state index in [2.05, 4.69) is 11.7 Å². The van der Waals surface area contributed by atoms with Crippen molar-refractivity contribution in [1.82, 2.24) is 9.78 Å². The summed E-state index contributed by atoms with van der Waals surface area (Å²) in [5, 5.41) is 3.98. The molecule has 7 heteroatoms. The molecule has 0 spiro atoms. The van der Waals surface area contributed by atoms with Gasteiger partial charge in [0.15, 0.2) is 0 Å². The predicted molar refractivity (Wildman–Crippen MR) is 83.0 cm³/mol. The third-order valence-corrected chi connectivity index (χ3v) is 4.12. The molecule has 6 nitrogen and oxygen atoms in total. The SMILES string of the molecule is C=C(C)OC(=O)n1cc(-c2cc(C(=O)OC)sc2CC)cn1. The van der Waals surface area contributed by atoms with E-state index in [4.69, 9.17) is 9.47 Å². The Morgan fingerprint density at radius 2 is 2.18 bits per heavy atom. The van der Waals surface area contributed by atoms with Crippen molar-refractivity contribution in [2.75, 3.05) is 7.11 Å². The Kier molecular flexibility index (Phi) is 4.77. The molecule has 2 aromatic rings. The highest BCUT2D eigenvalue weighted by Gasteiger charge is 2.17. The summed E-state index contributed by atoms with van der Waals surface area (Å²) in [6.07, 6.45) is 3.26. The number of carbonyl (C=O) groups excluding carboxylic acids is 2. The highest BCUT2D eigenvalue weighted by molar-refractivity contribution is 7.14. The van der Waals surface area contributed by atoms with Gasteiger partial charge in [-0.05, 0) is 25.0 Å². The lowest BCUT2D eigenvalue weighted by Gasteiger charge is -2.01. The number of aromatic nitrogens is 2. The van der Waals surface area contributed by atoms with Gasteiger partial charge in [0, 0.05) is 16.6 Å². The van der Waals surface area contributed by atoms with Gasteiger partial charge in [0.25, 0.3) is 0 Å². The fraction of sp³-hybridized carbons (Fsp3) is 0.267. The number of rotatable bonds is 4. The van der Waals surface area contributed by atoms with Crippen LogP contribution in [0, 0.1) is 0 Å². The average molecular weight is 320 g/mol. The average Bonchev–Trinajstić information content (AvgIpc) is 3.11. The Balaban J connectivity index is 2.34. The molecule has 2 aromatic heterocycles. The van der Waals surface area contributed by atoms with E-state index in [1.165, 1.54) is 18.4 Å². The van der Waals surface area contributed by atoms with E-state index in [0.29, 0.717) is 10.6 Å². The first kappa shape index (κ1) is 16.0. The van der Waals surface area contributed by atoms with Gasteiger partial charge in [0.05, 0.1) is 19.1 Å². The number of methoxy groups -OCH3 is 1. The third-order valence-electron chi connectivity index (χ3n) is 2.86. The standard InChI is InChI=1S/C15H16N2O4S/c1-5-12-11(6-13(22-12)14(18)20-4)10-7-16-17(8-10)15(19)21-9(2)3/h6-8H,2,5H2,1,3-4H3. The van der Waals surface area contributed by atoms with Crippen LogP contribution < -0.4 is 0 Å². The summed E-state index contributed by atoms with van der Waals surface area (Å²) < 4.78 is 10.7. The molecule has 0 aliphatic heterocycles. The summed E-state index contributed by atoms with van der Waals surface area (Å²) in [6.45, 7) is 7.09. The smallest absolute Gasteiger partial charge is 0.439 e. The lowest BCUT2D eigenvalue weighted by molar-refractivity contribution is 0.0606. The molecule has 0 aromatic carbocycles. The number of nitrogens with zero attached hydrogens (tertiary/aromatic N) is 2. The minimum atomic E-state index is -0.625. The van der Waals surface area contributed by atoms with E-state index >= 15 is 0 Å². The lowest BCUT2D eigenvalue weighted by Crippen LogP contribution is -2.12. The summed E-state index contributed by atoms with van der Waals surface area (Å²) >= 11 is 1.37. The zero-order valence-electron chi connectivity index (χ0n) is 12.6. The van der Waals surface area contributed by atoms with Crippen LogP contribution in [-0.2, 0) is 15.9 Å². The van der Waals surface area contributed by atoms with E-state index in [9.17, 15) is 9.59 Å². The van der Waals surface area contributed by atoms with Gasteiger partial charge in [-0.2, -0.15) is 9.78 Å². The van der Waals surface area contributed by atoms with Gasteiger partial charge >= 0.3 is 12.1 Å². The number of hydrogen-bond donors (Lipinski definition) is 0. The monoisotopic (exact) mass is 320 g/mol. The molecule has 0 aliphatic rings. The first-order valence-electron chi connectivity index (χ1n) is 6.60. The predicted octanol–water partition coefficient (Wildman–Crippen LogP) is 3.48. The van der Waals surface area contributed by atoms with Gasteiger partial charge in [-0.3, -0.25) is 0 Å². The van der Waals surface area contributed by atoms with Crippen LogP contribution in [0.3, 0.4) is 0 Å². The van der Waals surface area contributed by atoms with Crippen molar-refractivity contribution in [3.8, 4) is 11.1 Å². The minimum absolute atomic E-state index is 0.291. The molecule has 0 radical (unpaired) electrons. The fourth-order valence-electron chi connectivity index (χ4n) is 1.89. The second kappa shape index (κ2) is 6.57. The Morgan fingerprint density at radius 3 is 2.77 bits per heavy atom. The fourth-order valence-corrected chi connectivity index (χ4v) is 2.93. The van der Waals surface area contributed by atoms with Crippen molar-refractivity contribution in [2.45, 2.75) is 20.3 Å². The number of hydrogen-bond acceptors (Lipinski definition) is 6. The molecule has 2 heterocycles. The second-order valence-corrected chi connectivity index (χ2v) is 5.67. The zero-order chi connectivity index (χ0) is 16.3. The highest BCUT2D eigenvalue weighted by atomic mass is 32.1. The molecule has 0 atom stereocenters. The Labute approximate surface area is 132 Å². The maximum Gasteiger partial charge on any atom is 0.439 e. The van der Waals surface area contributed by atoms with Crippen LogP contribution in [0.2, 0.25) is 0 Å². The quantitative estimate of drug-likeness (QED) is 0.637. The Bertz CT molecular complexity index is 730. The molecule has 0 bridgehead atoms. The third kappa shape index (κ3) is 3.25. The maximum absolute atomic E-state index is 11.8. The van der Waals surface area contributed by atoms with Gasteiger partial charge < -0.3 is 9.47 Å². The van der Waals surface area contributed by atoms with Crippen LogP contribution in [0.25, 0.3) is 11.1 Å². The summed E-state index contributed by atoms with van der Waals surface area (Å²) in [6, 6.07) is 1.75. The van der Waals surface area contributed by atoms with Crippen LogP contribution >= 0.6 is 11.3 Å². The molecule has 116 valence electrons. The van der Waals surface area contributed by atoms with Gasteiger partial charge in [-0.15, -0.1) is 11.3 Å². The van der Waals surface area contributed by atoms with E-state index < -0.39 is 6.09 Å². The van der Waals surface area contributed by atoms with Crippen molar-refractivity contribution < 1.29 is 19.1 Å². The molecule has 2 rings (SSSR count). The first-order chi connectivity index (χ1) is 10.5. The van der Waals surface area contributed by atoms with Gasteiger partial charge in [-0.25, -0.2) is 9.59 Å². The number of ether oxygens (including phenoxy) is 2. The minimum Gasteiger partial charge on any atom is -0.465 e. The van der Waals surface area contributed by atoms with Crippen molar-refractivity contribution in [2.24, 2.45) is 0 Å². The van der Waals surface area contributed by atoms with Crippen molar-refractivity contribution >= 4 is 23.4 Å². The van der Waals surface area contributed by atoms with Crippen molar-refractivity contribution in [3.63, 3.8) is 0 Å². The molecular weight excluding hydrogens is 304 g/mol. The molecule has 0 aliphatic carbocycles. The molecule has 0 amide bonds. The van der Waals surface area contributed by atoms with Gasteiger partial charge in [0.2, 0.25) is 0 Å². The molecular formula is C15H16N2O4S. The lowest BCUT2D eigenvalue weighted by atomic mass is 10.1. The van der Waals surface area contributed by atoms with E-state index in [0.717, 1.165) is 27.1 Å². The van der Waals surface area contributed by atoms with Gasteiger partial charge in [0.1, 0.15) is 4.88 Å². The first-order valence-corrected chi connectivity index (χ1v) is 7.41. The summed E-state index contributed by atoms with van der Waals surface area (Å²) in [5.41, 5.74) is 1.60. The molecule has 0 saturated heterocycles. The van der Waals surface area contributed by atoms with Crippen LogP contribution in [0.15, 0.2) is 30.8 Å². The van der Waals surface area contributed by atoms with Crippen LogP contribution in [0.5, 0.6) is 0 Å². The van der Waals surface area contributed by atoms with E-state index in [1.54, 1.807) is 25.4 Å². The molecule has 0 unspecified atom stereocenters. The Hall–Kier alpha value is -2.41. The maximum atomic E-state index is 11.8. The summed E-state index contributed by atoms with van der Waals surface area (Å²) in [7, 11) is 1.35. The molecule has 22 heavy (non-hydrogen) atoms. The number of thiophene rings is 1. The highest BCUT2D eigenvalue weighted by Crippen LogP contribution is 2.32. The van der Waals surface area contributed by atoms with Crippen molar-refractivity contribution in [3.05, 3.63) is 40.6 Å². The number of esters is 1. The molecule has 0 saturated carbocycles. The largest absolute Gasteiger partial charge is 0.465 e. The van der Waals surface area contributed by atoms with E-state index in [1.807, 2.05) is 6.92 Å². The molecule has 0 N–H and O–H groups in total. The normalized spacial score (nSPS) is 10.3. The van der Waals surface area contributed by atoms with Gasteiger partial charge in [-0.1, -0.05) is 13.5 Å². The topological polar surface area (TPSA) is 70.4 Å². The van der Waals surface area contributed by atoms with E-state index in [-0.39, 0.29) is 5.97 Å². The van der Waals surface area contributed by atoms with Crippen LogP contribution in [0.1, 0.15) is 28.4 Å². The Morgan fingerprint density at radius 1 is 1.45 bits per heavy atom. The van der Waals surface area contributed by atoms with Crippen molar-refractivity contribution in [1.29, 1.82) is 0 Å². The zero-order valence-corrected chi connectivity index (χ0v) is 13.4. The number of aryl methyl sites for hydroxylation is 1. The van der Waals surface area contributed by atoms with Crippen LogP contribution in [-0.4, -0.2) is 29.0 Å². The molecule has 0 fully saturated rings. The summed E-state index contributed by atoms with van der Waals surface area (Å²) in [5.74, 6) is -0.0835. The second-order valence-electron chi connectivity index (χ2n) is 4.54. The summed E-state index contributed by atoms with van der Waals surface area (Å²) in [4.78, 5) is 24.9. The number of carbonyl (C=O) groups is 2. The van der Waals surface area contributed by atoms with Crippen LogP contribution in [0.4, 0.5) is 4.79 Å². The number of allylic oxidation sites excluding steroid dienone is 1.